The topological polar surface area (TPSA) is 49.3 Å². The molecule has 100 valence electrons. The van der Waals surface area contributed by atoms with Crippen LogP contribution in [0.15, 0.2) is 24.3 Å². The molecule has 0 aliphatic carbocycles. The number of aliphatic carboxylic acids is 1. The average molecular weight is 253 g/mol. The van der Waals surface area contributed by atoms with Crippen LogP contribution in [0, 0.1) is 11.7 Å². The lowest BCUT2D eigenvalue weighted by Crippen LogP contribution is -2.46. The highest BCUT2D eigenvalue weighted by molar-refractivity contribution is 5.73. The molecule has 3 nitrogen and oxygen atoms in total. The molecule has 0 aromatic heterocycles. The van der Waals surface area contributed by atoms with Gasteiger partial charge in [-0.2, -0.15) is 0 Å². The second-order valence-electron chi connectivity index (χ2n) is 4.92. The van der Waals surface area contributed by atoms with Gasteiger partial charge in [0.15, 0.2) is 0 Å². The van der Waals surface area contributed by atoms with Crippen molar-refractivity contribution >= 4 is 5.97 Å². The van der Waals surface area contributed by atoms with Crippen LogP contribution >= 0.6 is 0 Å². The molecule has 0 heterocycles. The Kier molecular flexibility index (Phi) is 5.28. The third kappa shape index (κ3) is 4.11. The minimum Gasteiger partial charge on any atom is -0.480 e. The SMILES string of the molecule is CC(Cc1ccccc1F)NC(C(=O)O)C(C)C. The van der Waals surface area contributed by atoms with E-state index >= 15 is 0 Å². The Morgan fingerprint density at radius 3 is 2.44 bits per heavy atom. The van der Waals surface area contributed by atoms with Gasteiger partial charge in [-0.25, -0.2) is 4.39 Å². The van der Waals surface area contributed by atoms with Crippen LogP contribution in [-0.2, 0) is 11.2 Å². The average Bonchev–Trinajstić information content (AvgIpc) is 2.28. The van der Waals surface area contributed by atoms with Gasteiger partial charge >= 0.3 is 5.97 Å². The maximum atomic E-state index is 13.5. The summed E-state index contributed by atoms with van der Waals surface area (Å²) in [7, 11) is 0. The van der Waals surface area contributed by atoms with Crippen LogP contribution in [0.2, 0.25) is 0 Å². The molecule has 0 aliphatic heterocycles. The molecule has 4 heteroatoms. The highest BCUT2D eigenvalue weighted by atomic mass is 19.1. The van der Waals surface area contributed by atoms with Crippen molar-refractivity contribution in [3.05, 3.63) is 35.6 Å². The van der Waals surface area contributed by atoms with Crippen LogP contribution < -0.4 is 5.32 Å². The zero-order valence-electron chi connectivity index (χ0n) is 11.0. The molecule has 0 saturated carbocycles. The number of hydrogen-bond donors (Lipinski definition) is 2. The summed E-state index contributed by atoms with van der Waals surface area (Å²) in [6, 6.07) is 5.86. The van der Waals surface area contributed by atoms with Crippen molar-refractivity contribution in [2.45, 2.75) is 39.3 Å². The molecule has 1 aromatic carbocycles. The molecule has 0 bridgehead atoms. The molecule has 0 saturated heterocycles. The number of benzene rings is 1. The Morgan fingerprint density at radius 1 is 1.33 bits per heavy atom. The van der Waals surface area contributed by atoms with Crippen molar-refractivity contribution in [2.75, 3.05) is 0 Å². The Hall–Kier alpha value is -1.42. The highest BCUT2D eigenvalue weighted by Crippen LogP contribution is 2.11. The zero-order chi connectivity index (χ0) is 13.7. The summed E-state index contributed by atoms with van der Waals surface area (Å²) in [5, 5.41) is 12.1. The van der Waals surface area contributed by atoms with Gasteiger partial charge in [-0.15, -0.1) is 0 Å². The summed E-state index contributed by atoms with van der Waals surface area (Å²) in [4.78, 5) is 11.1. The van der Waals surface area contributed by atoms with E-state index in [1.165, 1.54) is 6.07 Å². The fourth-order valence-electron chi connectivity index (χ4n) is 1.91. The van der Waals surface area contributed by atoms with Gasteiger partial charge in [-0.05, 0) is 30.9 Å². The lowest BCUT2D eigenvalue weighted by atomic mass is 10.0. The molecule has 2 atom stereocenters. The third-order valence-electron chi connectivity index (χ3n) is 2.88. The number of hydrogen-bond acceptors (Lipinski definition) is 2. The maximum Gasteiger partial charge on any atom is 0.320 e. The molecule has 18 heavy (non-hydrogen) atoms. The van der Waals surface area contributed by atoms with Gasteiger partial charge in [0.2, 0.25) is 0 Å². The van der Waals surface area contributed by atoms with Gasteiger partial charge in [0.25, 0.3) is 0 Å². The van der Waals surface area contributed by atoms with Crippen molar-refractivity contribution in [2.24, 2.45) is 5.92 Å². The lowest BCUT2D eigenvalue weighted by Gasteiger charge is -2.23. The van der Waals surface area contributed by atoms with E-state index in [4.69, 9.17) is 5.11 Å². The molecule has 1 rings (SSSR count). The molecule has 0 amide bonds. The molecule has 1 aromatic rings. The number of carboxylic acid groups (broad SMARTS) is 1. The lowest BCUT2D eigenvalue weighted by molar-refractivity contribution is -0.140. The zero-order valence-corrected chi connectivity index (χ0v) is 11.0. The number of rotatable bonds is 6. The molecule has 0 spiro atoms. The first-order valence-electron chi connectivity index (χ1n) is 6.14. The van der Waals surface area contributed by atoms with Gasteiger partial charge in [-0.1, -0.05) is 32.0 Å². The van der Waals surface area contributed by atoms with Crippen molar-refractivity contribution in [3.63, 3.8) is 0 Å². The summed E-state index contributed by atoms with van der Waals surface area (Å²) < 4.78 is 13.5. The number of nitrogens with one attached hydrogen (secondary N) is 1. The van der Waals surface area contributed by atoms with E-state index in [9.17, 15) is 9.18 Å². The smallest absolute Gasteiger partial charge is 0.320 e. The minimum atomic E-state index is -0.870. The molecular formula is C14H20FNO2. The molecule has 0 aliphatic rings. The summed E-state index contributed by atoms with van der Waals surface area (Å²) in [5.74, 6) is -1.13. The normalized spacial score (nSPS) is 14.5. The van der Waals surface area contributed by atoms with E-state index in [1.54, 1.807) is 18.2 Å². The monoisotopic (exact) mass is 253 g/mol. The minimum absolute atomic E-state index is 0.00873. The van der Waals surface area contributed by atoms with Crippen molar-refractivity contribution in [3.8, 4) is 0 Å². The first-order chi connectivity index (χ1) is 8.41. The fourth-order valence-corrected chi connectivity index (χ4v) is 1.91. The first kappa shape index (κ1) is 14.6. The van der Waals surface area contributed by atoms with Gasteiger partial charge < -0.3 is 10.4 Å². The van der Waals surface area contributed by atoms with Crippen molar-refractivity contribution < 1.29 is 14.3 Å². The summed E-state index contributed by atoms with van der Waals surface area (Å²) in [6.45, 7) is 5.56. The Labute approximate surface area is 107 Å². The summed E-state index contributed by atoms with van der Waals surface area (Å²) in [6.07, 6.45) is 0.475. The Bertz CT molecular complexity index is 407. The van der Waals surface area contributed by atoms with E-state index in [0.29, 0.717) is 12.0 Å². The van der Waals surface area contributed by atoms with Crippen LogP contribution in [0.1, 0.15) is 26.3 Å². The van der Waals surface area contributed by atoms with Crippen LogP contribution in [0.25, 0.3) is 0 Å². The summed E-state index contributed by atoms with van der Waals surface area (Å²) in [5.41, 5.74) is 0.602. The largest absolute Gasteiger partial charge is 0.480 e. The molecule has 2 N–H and O–H groups in total. The number of halogens is 1. The summed E-state index contributed by atoms with van der Waals surface area (Å²) >= 11 is 0. The molecule has 0 fully saturated rings. The second-order valence-corrected chi connectivity index (χ2v) is 4.92. The molecule has 0 radical (unpaired) electrons. The predicted molar refractivity (Wildman–Crippen MR) is 69.0 cm³/mol. The number of carboxylic acids is 1. The third-order valence-corrected chi connectivity index (χ3v) is 2.88. The van der Waals surface area contributed by atoms with Gasteiger partial charge in [0.1, 0.15) is 11.9 Å². The first-order valence-corrected chi connectivity index (χ1v) is 6.14. The second kappa shape index (κ2) is 6.50. The van der Waals surface area contributed by atoms with Crippen LogP contribution in [-0.4, -0.2) is 23.2 Å². The van der Waals surface area contributed by atoms with E-state index in [2.05, 4.69) is 5.32 Å². The Morgan fingerprint density at radius 2 is 1.94 bits per heavy atom. The number of carbonyl (C=O) groups is 1. The Balaban J connectivity index is 2.63. The quantitative estimate of drug-likeness (QED) is 0.818. The van der Waals surface area contributed by atoms with Gasteiger partial charge in [0.05, 0.1) is 0 Å². The molecular weight excluding hydrogens is 233 g/mol. The van der Waals surface area contributed by atoms with Gasteiger partial charge in [0, 0.05) is 6.04 Å². The van der Waals surface area contributed by atoms with Crippen molar-refractivity contribution in [1.29, 1.82) is 0 Å². The van der Waals surface area contributed by atoms with E-state index in [1.807, 2.05) is 20.8 Å². The van der Waals surface area contributed by atoms with Crippen LogP contribution in [0.5, 0.6) is 0 Å². The van der Waals surface area contributed by atoms with Gasteiger partial charge in [-0.3, -0.25) is 4.79 Å². The highest BCUT2D eigenvalue weighted by Gasteiger charge is 2.23. The molecule has 2 unspecified atom stereocenters. The van der Waals surface area contributed by atoms with E-state index in [0.717, 1.165) is 0 Å². The van der Waals surface area contributed by atoms with Crippen LogP contribution in [0.4, 0.5) is 4.39 Å². The van der Waals surface area contributed by atoms with E-state index in [-0.39, 0.29) is 17.8 Å². The predicted octanol–water partition coefficient (Wildman–Crippen LogP) is 2.46. The maximum absolute atomic E-state index is 13.5. The standard InChI is InChI=1S/C14H20FNO2/c1-9(2)13(14(17)18)16-10(3)8-11-6-4-5-7-12(11)15/h4-7,9-10,13,16H,8H2,1-3H3,(H,17,18). The van der Waals surface area contributed by atoms with Crippen LogP contribution in [0.3, 0.4) is 0 Å². The fraction of sp³-hybridized carbons (Fsp3) is 0.500. The van der Waals surface area contributed by atoms with E-state index < -0.39 is 12.0 Å². The van der Waals surface area contributed by atoms with Crippen molar-refractivity contribution in [1.82, 2.24) is 5.32 Å².